The molecule has 4 heterocycles. The molecule has 6 nitrogen and oxygen atoms in total. The normalized spacial score (nSPS) is 16.8. The highest BCUT2D eigenvalue weighted by Crippen LogP contribution is 2.33. The standard InChI is InChI=1S/C20H17N3O3S/c1-12-13-7-9-27-16(13)6-8-23(12)17(24)10-22-11-21-18-14-4-2-3-5-15(14)26-19(18)20(22)25/h2-5,7,9,11-12H,6,8,10H2,1H3. The van der Waals surface area contributed by atoms with Crippen molar-refractivity contribution in [2.24, 2.45) is 0 Å². The van der Waals surface area contributed by atoms with E-state index in [0.717, 1.165) is 11.8 Å². The average molecular weight is 379 g/mol. The number of fused-ring (bicyclic) bond motifs is 4. The second-order valence-corrected chi connectivity index (χ2v) is 7.77. The molecule has 1 aliphatic rings. The Labute approximate surface area is 158 Å². The van der Waals surface area contributed by atoms with Crippen LogP contribution in [-0.2, 0) is 17.8 Å². The molecule has 4 aromatic rings. The molecular weight excluding hydrogens is 362 g/mol. The smallest absolute Gasteiger partial charge is 0.297 e. The summed E-state index contributed by atoms with van der Waals surface area (Å²) in [6, 6.07) is 9.51. The molecule has 27 heavy (non-hydrogen) atoms. The Morgan fingerprint density at radius 1 is 1.33 bits per heavy atom. The van der Waals surface area contributed by atoms with E-state index in [9.17, 15) is 9.59 Å². The van der Waals surface area contributed by atoms with Gasteiger partial charge in [-0.3, -0.25) is 14.2 Å². The molecule has 0 N–H and O–H groups in total. The van der Waals surface area contributed by atoms with Gasteiger partial charge < -0.3 is 9.32 Å². The van der Waals surface area contributed by atoms with E-state index in [0.29, 0.717) is 17.6 Å². The van der Waals surface area contributed by atoms with Crippen LogP contribution in [0.1, 0.15) is 23.4 Å². The predicted octanol–water partition coefficient (Wildman–Crippen LogP) is 3.35. The maximum atomic E-state index is 12.9. The van der Waals surface area contributed by atoms with Crippen LogP contribution in [0.5, 0.6) is 0 Å². The number of para-hydroxylation sites is 1. The minimum absolute atomic E-state index is 0.0195. The Kier molecular flexibility index (Phi) is 3.65. The molecule has 0 radical (unpaired) electrons. The molecule has 1 atom stereocenters. The van der Waals surface area contributed by atoms with Gasteiger partial charge in [-0.05, 0) is 42.5 Å². The zero-order valence-corrected chi connectivity index (χ0v) is 15.5. The van der Waals surface area contributed by atoms with Crippen molar-refractivity contribution < 1.29 is 9.21 Å². The van der Waals surface area contributed by atoms with Gasteiger partial charge in [0.1, 0.15) is 17.6 Å². The van der Waals surface area contributed by atoms with E-state index in [1.807, 2.05) is 30.0 Å². The van der Waals surface area contributed by atoms with Crippen molar-refractivity contribution in [2.75, 3.05) is 6.54 Å². The summed E-state index contributed by atoms with van der Waals surface area (Å²) in [6.45, 7) is 2.66. The predicted molar refractivity (Wildman–Crippen MR) is 104 cm³/mol. The van der Waals surface area contributed by atoms with Crippen molar-refractivity contribution in [2.45, 2.75) is 25.9 Å². The van der Waals surface area contributed by atoms with E-state index < -0.39 is 0 Å². The lowest BCUT2D eigenvalue weighted by Crippen LogP contribution is -2.41. The van der Waals surface area contributed by atoms with Gasteiger partial charge in [0.2, 0.25) is 11.5 Å². The topological polar surface area (TPSA) is 68.3 Å². The molecule has 0 saturated carbocycles. The van der Waals surface area contributed by atoms with Gasteiger partial charge in [-0.15, -0.1) is 11.3 Å². The van der Waals surface area contributed by atoms with Gasteiger partial charge in [-0.25, -0.2) is 4.98 Å². The third-order valence-electron chi connectivity index (χ3n) is 5.25. The number of carbonyl (C=O) groups excluding carboxylic acids is 1. The first-order valence-electron chi connectivity index (χ1n) is 8.86. The van der Waals surface area contributed by atoms with Crippen LogP contribution >= 0.6 is 11.3 Å². The number of nitrogens with zero attached hydrogens (tertiary/aromatic N) is 3. The summed E-state index contributed by atoms with van der Waals surface area (Å²) < 4.78 is 7.02. The number of amides is 1. The second kappa shape index (κ2) is 6.06. The lowest BCUT2D eigenvalue weighted by molar-refractivity contribution is -0.134. The fourth-order valence-corrected chi connectivity index (χ4v) is 4.78. The summed E-state index contributed by atoms with van der Waals surface area (Å²) >= 11 is 1.74. The van der Waals surface area contributed by atoms with Crippen LogP contribution in [0.15, 0.2) is 51.3 Å². The van der Waals surface area contributed by atoms with E-state index in [2.05, 4.69) is 16.4 Å². The second-order valence-electron chi connectivity index (χ2n) is 6.77. The Bertz CT molecular complexity index is 1240. The SMILES string of the molecule is CC1c2ccsc2CCN1C(=O)Cn1cnc2c(oc3ccccc32)c1=O. The summed E-state index contributed by atoms with van der Waals surface area (Å²) in [6.07, 6.45) is 2.30. The van der Waals surface area contributed by atoms with Crippen LogP contribution in [0.2, 0.25) is 0 Å². The minimum atomic E-state index is -0.328. The number of hydrogen-bond donors (Lipinski definition) is 0. The molecule has 5 rings (SSSR count). The van der Waals surface area contributed by atoms with Crippen LogP contribution in [-0.4, -0.2) is 26.9 Å². The van der Waals surface area contributed by atoms with Crippen LogP contribution in [0, 0.1) is 0 Å². The maximum Gasteiger partial charge on any atom is 0.297 e. The van der Waals surface area contributed by atoms with Crippen molar-refractivity contribution in [3.05, 3.63) is 62.8 Å². The van der Waals surface area contributed by atoms with E-state index >= 15 is 0 Å². The molecule has 0 saturated heterocycles. The summed E-state index contributed by atoms with van der Waals surface area (Å²) in [5.41, 5.74) is 2.23. The fourth-order valence-electron chi connectivity index (χ4n) is 3.81. The number of hydrogen-bond acceptors (Lipinski definition) is 5. The van der Waals surface area contributed by atoms with Gasteiger partial charge in [-0.1, -0.05) is 12.1 Å². The zero-order chi connectivity index (χ0) is 18.5. The van der Waals surface area contributed by atoms with Gasteiger partial charge in [0.25, 0.3) is 5.56 Å². The molecule has 0 spiro atoms. The lowest BCUT2D eigenvalue weighted by Gasteiger charge is -2.33. The lowest BCUT2D eigenvalue weighted by atomic mass is 10.0. The van der Waals surface area contributed by atoms with E-state index in [4.69, 9.17) is 4.42 Å². The highest BCUT2D eigenvalue weighted by Gasteiger charge is 2.28. The van der Waals surface area contributed by atoms with Gasteiger partial charge >= 0.3 is 0 Å². The number of aromatic nitrogens is 2. The number of furan rings is 1. The number of benzene rings is 1. The first-order chi connectivity index (χ1) is 13.1. The molecule has 3 aromatic heterocycles. The maximum absolute atomic E-state index is 12.9. The van der Waals surface area contributed by atoms with Crippen molar-refractivity contribution in [1.29, 1.82) is 0 Å². The number of carbonyl (C=O) groups is 1. The molecule has 0 aliphatic carbocycles. The summed E-state index contributed by atoms with van der Waals surface area (Å²) in [7, 11) is 0. The zero-order valence-electron chi connectivity index (χ0n) is 14.7. The van der Waals surface area contributed by atoms with E-state index in [-0.39, 0.29) is 29.6 Å². The Balaban J connectivity index is 1.48. The summed E-state index contributed by atoms with van der Waals surface area (Å²) in [5.74, 6) is -0.0845. The summed E-state index contributed by atoms with van der Waals surface area (Å²) in [5, 5.41) is 2.87. The highest BCUT2D eigenvalue weighted by molar-refractivity contribution is 7.10. The molecular formula is C20H17N3O3S. The third kappa shape index (κ3) is 2.49. The van der Waals surface area contributed by atoms with Crippen LogP contribution in [0.25, 0.3) is 22.1 Å². The van der Waals surface area contributed by atoms with Crippen LogP contribution < -0.4 is 5.56 Å². The van der Waals surface area contributed by atoms with Gasteiger partial charge in [-0.2, -0.15) is 0 Å². The number of rotatable bonds is 2. The monoisotopic (exact) mass is 379 g/mol. The molecule has 7 heteroatoms. The fraction of sp³-hybridized carbons (Fsp3) is 0.250. The molecule has 0 bridgehead atoms. The quantitative estimate of drug-likeness (QED) is 0.536. The molecule has 1 unspecified atom stereocenters. The third-order valence-corrected chi connectivity index (χ3v) is 6.25. The molecule has 136 valence electrons. The first-order valence-corrected chi connectivity index (χ1v) is 9.74. The van der Waals surface area contributed by atoms with Gasteiger partial charge in [0.15, 0.2) is 0 Å². The highest BCUT2D eigenvalue weighted by atomic mass is 32.1. The van der Waals surface area contributed by atoms with E-state index in [1.165, 1.54) is 21.3 Å². The van der Waals surface area contributed by atoms with Gasteiger partial charge in [0.05, 0.1) is 12.4 Å². The van der Waals surface area contributed by atoms with Crippen molar-refractivity contribution in [3.63, 3.8) is 0 Å². The van der Waals surface area contributed by atoms with Crippen molar-refractivity contribution >= 4 is 39.3 Å². The van der Waals surface area contributed by atoms with Gasteiger partial charge in [0, 0.05) is 16.8 Å². The minimum Gasteiger partial charge on any atom is -0.448 e. The van der Waals surface area contributed by atoms with E-state index in [1.54, 1.807) is 17.4 Å². The Morgan fingerprint density at radius 3 is 3.07 bits per heavy atom. The summed E-state index contributed by atoms with van der Waals surface area (Å²) in [4.78, 5) is 33.3. The molecule has 0 fully saturated rings. The Morgan fingerprint density at radius 2 is 2.19 bits per heavy atom. The largest absolute Gasteiger partial charge is 0.448 e. The molecule has 1 amide bonds. The first kappa shape index (κ1) is 16.3. The Hall–Kier alpha value is -2.93. The molecule has 1 aliphatic heterocycles. The van der Waals surface area contributed by atoms with Crippen LogP contribution in [0.4, 0.5) is 0 Å². The average Bonchev–Trinajstić information content (AvgIpc) is 3.29. The van der Waals surface area contributed by atoms with Crippen molar-refractivity contribution in [1.82, 2.24) is 14.5 Å². The van der Waals surface area contributed by atoms with Crippen molar-refractivity contribution in [3.8, 4) is 0 Å². The number of thiophene rings is 1. The van der Waals surface area contributed by atoms with Crippen LogP contribution in [0.3, 0.4) is 0 Å². The molecule has 1 aromatic carbocycles.